The molecule has 1 amide bonds. The van der Waals surface area contributed by atoms with Crippen LogP contribution < -0.4 is 15.7 Å². The summed E-state index contributed by atoms with van der Waals surface area (Å²) in [7, 11) is 3.29. The summed E-state index contributed by atoms with van der Waals surface area (Å²) in [6, 6.07) is 11.1. The van der Waals surface area contributed by atoms with Gasteiger partial charge in [-0.1, -0.05) is 18.2 Å². The van der Waals surface area contributed by atoms with Crippen LogP contribution in [0.3, 0.4) is 0 Å². The number of ether oxygens (including phenoxy) is 1. The first kappa shape index (κ1) is 16.8. The van der Waals surface area contributed by atoms with Gasteiger partial charge in [-0.15, -0.1) is 0 Å². The number of aryl methyl sites for hydroxylation is 2. The largest absolute Gasteiger partial charge is 0.481 e. The molecule has 1 aromatic carbocycles. The number of rotatable bonds is 6. The molecule has 3 aromatic rings. The third-order valence-corrected chi connectivity index (χ3v) is 4.11. The first-order chi connectivity index (χ1) is 12.1. The SMILES string of the molecule is COc1ccc(CNC(=O)CCn2c(=O)n(C)c3ccccc32)cn1. The number of aromatic nitrogens is 3. The summed E-state index contributed by atoms with van der Waals surface area (Å²) in [5, 5.41) is 2.84. The minimum absolute atomic E-state index is 0.115. The van der Waals surface area contributed by atoms with E-state index >= 15 is 0 Å². The van der Waals surface area contributed by atoms with E-state index in [1.807, 2.05) is 30.3 Å². The van der Waals surface area contributed by atoms with E-state index in [4.69, 9.17) is 4.74 Å². The standard InChI is InChI=1S/C18H20N4O3/c1-21-14-5-3-4-6-15(14)22(18(21)24)10-9-16(23)19-11-13-7-8-17(25-2)20-12-13/h3-8,12H,9-11H2,1-2H3,(H,19,23). The zero-order valence-electron chi connectivity index (χ0n) is 14.2. The molecule has 0 spiro atoms. The van der Waals surface area contributed by atoms with Crippen molar-refractivity contribution in [2.75, 3.05) is 7.11 Å². The number of hydrogen-bond donors (Lipinski definition) is 1. The Kier molecular flexibility index (Phi) is 4.83. The lowest BCUT2D eigenvalue weighted by Gasteiger charge is -2.07. The fourth-order valence-corrected chi connectivity index (χ4v) is 2.72. The first-order valence-electron chi connectivity index (χ1n) is 8.00. The Morgan fingerprint density at radius 2 is 1.96 bits per heavy atom. The number of pyridine rings is 1. The van der Waals surface area contributed by atoms with Gasteiger partial charge in [-0.2, -0.15) is 0 Å². The molecule has 130 valence electrons. The minimum atomic E-state index is -0.117. The fraction of sp³-hybridized carbons (Fsp3) is 0.278. The summed E-state index contributed by atoms with van der Waals surface area (Å²) >= 11 is 0. The van der Waals surface area contributed by atoms with Gasteiger partial charge in [0.05, 0.1) is 18.1 Å². The normalized spacial score (nSPS) is 10.8. The Morgan fingerprint density at radius 3 is 2.64 bits per heavy atom. The summed E-state index contributed by atoms with van der Waals surface area (Å²) in [5.41, 5.74) is 2.46. The summed E-state index contributed by atoms with van der Waals surface area (Å²) in [5.74, 6) is 0.418. The third-order valence-electron chi connectivity index (χ3n) is 4.11. The maximum absolute atomic E-state index is 12.3. The molecule has 0 atom stereocenters. The van der Waals surface area contributed by atoms with Crippen molar-refractivity contribution in [2.45, 2.75) is 19.5 Å². The molecule has 0 saturated heterocycles. The van der Waals surface area contributed by atoms with Gasteiger partial charge in [-0.05, 0) is 17.7 Å². The monoisotopic (exact) mass is 340 g/mol. The molecule has 7 nitrogen and oxygen atoms in total. The van der Waals surface area contributed by atoms with Crippen molar-refractivity contribution < 1.29 is 9.53 Å². The van der Waals surface area contributed by atoms with Gasteiger partial charge >= 0.3 is 5.69 Å². The van der Waals surface area contributed by atoms with Gasteiger partial charge in [0, 0.05) is 38.8 Å². The molecule has 0 fully saturated rings. The van der Waals surface area contributed by atoms with Crippen molar-refractivity contribution in [3.8, 4) is 5.88 Å². The Morgan fingerprint density at radius 1 is 1.20 bits per heavy atom. The average Bonchev–Trinajstić information content (AvgIpc) is 2.89. The molecule has 3 rings (SSSR count). The summed E-state index contributed by atoms with van der Waals surface area (Å²) in [4.78, 5) is 28.5. The van der Waals surface area contributed by atoms with E-state index in [1.54, 1.807) is 35.6 Å². The molecule has 2 aromatic heterocycles. The van der Waals surface area contributed by atoms with E-state index in [9.17, 15) is 9.59 Å². The van der Waals surface area contributed by atoms with Crippen molar-refractivity contribution in [2.24, 2.45) is 7.05 Å². The molecular weight excluding hydrogens is 320 g/mol. The Bertz CT molecular complexity index is 941. The molecule has 0 saturated carbocycles. The quantitative estimate of drug-likeness (QED) is 0.737. The molecule has 2 heterocycles. The van der Waals surface area contributed by atoms with Crippen LogP contribution in [0.1, 0.15) is 12.0 Å². The molecule has 7 heteroatoms. The number of nitrogens with one attached hydrogen (secondary N) is 1. The summed E-state index contributed by atoms with van der Waals surface area (Å²) < 4.78 is 8.22. The van der Waals surface area contributed by atoms with Crippen LogP contribution in [0.5, 0.6) is 5.88 Å². The molecular formula is C18H20N4O3. The second-order valence-electron chi connectivity index (χ2n) is 5.72. The lowest BCUT2D eigenvalue weighted by atomic mass is 10.2. The van der Waals surface area contributed by atoms with Gasteiger partial charge in [-0.25, -0.2) is 9.78 Å². The maximum Gasteiger partial charge on any atom is 0.328 e. The van der Waals surface area contributed by atoms with Crippen LogP contribution in [-0.2, 0) is 24.9 Å². The van der Waals surface area contributed by atoms with Gasteiger partial charge in [0.2, 0.25) is 11.8 Å². The van der Waals surface area contributed by atoms with E-state index in [0.717, 1.165) is 16.6 Å². The van der Waals surface area contributed by atoms with Crippen LogP contribution in [0.15, 0.2) is 47.4 Å². The maximum atomic E-state index is 12.3. The van der Waals surface area contributed by atoms with E-state index in [-0.39, 0.29) is 18.0 Å². The average molecular weight is 340 g/mol. The highest BCUT2D eigenvalue weighted by Gasteiger charge is 2.11. The van der Waals surface area contributed by atoms with E-state index in [1.165, 1.54) is 0 Å². The van der Waals surface area contributed by atoms with E-state index in [2.05, 4.69) is 10.3 Å². The first-order valence-corrected chi connectivity index (χ1v) is 8.00. The number of hydrogen-bond acceptors (Lipinski definition) is 4. The van der Waals surface area contributed by atoms with Crippen LogP contribution >= 0.6 is 0 Å². The van der Waals surface area contributed by atoms with Crippen molar-refractivity contribution in [1.29, 1.82) is 0 Å². The Balaban J connectivity index is 1.61. The van der Waals surface area contributed by atoms with Crippen LogP contribution in [0.25, 0.3) is 11.0 Å². The molecule has 0 bridgehead atoms. The lowest BCUT2D eigenvalue weighted by molar-refractivity contribution is -0.121. The predicted octanol–water partition coefficient (Wildman–Crippen LogP) is 1.45. The highest BCUT2D eigenvalue weighted by molar-refractivity contribution is 5.77. The second-order valence-corrected chi connectivity index (χ2v) is 5.72. The zero-order chi connectivity index (χ0) is 17.8. The van der Waals surface area contributed by atoms with Crippen molar-refractivity contribution in [1.82, 2.24) is 19.4 Å². The molecule has 25 heavy (non-hydrogen) atoms. The molecule has 0 aliphatic rings. The van der Waals surface area contributed by atoms with Crippen molar-refractivity contribution >= 4 is 16.9 Å². The fourth-order valence-electron chi connectivity index (χ4n) is 2.72. The van der Waals surface area contributed by atoms with Crippen LogP contribution in [0.4, 0.5) is 0 Å². The van der Waals surface area contributed by atoms with Crippen LogP contribution in [0.2, 0.25) is 0 Å². The number of fused-ring (bicyclic) bond motifs is 1. The number of nitrogens with zero attached hydrogens (tertiary/aromatic N) is 3. The Labute approximate surface area is 144 Å². The van der Waals surface area contributed by atoms with Gasteiger partial charge in [0.15, 0.2) is 0 Å². The lowest BCUT2D eigenvalue weighted by Crippen LogP contribution is -2.27. The van der Waals surface area contributed by atoms with E-state index in [0.29, 0.717) is 19.0 Å². The molecule has 0 radical (unpaired) electrons. The van der Waals surface area contributed by atoms with Gasteiger partial charge in [0.25, 0.3) is 0 Å². The van der Waals surface area contributed by atoms with Gasteiger partial charge in [-0.3, -0.25) is 13.9 Å². The number of amides is 1. The third kappa shape index (κ3) is 3.55. The predicted molar refractivity (Wildman–Crippen MR) is 94.4 cm³/mol. The molecule has 0 aliphatic carbocycles. The van der Waals surface area contributed by atoms with Crippen molar-refractivity contribution in [3.05, 3.63) is 58.6 Å². The van der Waals surface area contributed by atoms with Gasteiger partial charge in [0.1, 0.15) is 0 Å². The smallest absolute Gasteiger partial charge is 0.328 e. The number of para-hydroxylation sites is 2. The van der Waals surface area contributed by atoms with Gasteiger partial charge < -0.3 is 10.1 Å². The molecule has 1 N–H and O–H groups in total. The highest BCUT2D eigenvalue weighted by Crippen LogP contribution is 2.12. The number of carbonyl (C=O) groups is 1. The number of methoxy groups -OCH3 is 1. The second kappa shape index (κ2) is 7.21. The van der Waals surface area contributed by atoms with Crippen molar-refractivity contribution in [3.63, 3.8) is 0 Å². The zero-order valence-corrected chi connectivity index (χ0v) is 14.2. The number of benzene rings is 1. The molecule has 0 unspecified atom stereocenters. The minimum Gasteiger partial charge on any atom is -0.481 e. The van der Waals surface area contributed by atoms with Crippen LogP contribution in [0, 0.1) is 0 Å². The number of imidazole rings is 1. The summed E-state index contributed by atoms with van der Waals surface area (Å²) in [6.07, 6.45) is 1.89. The topological polar surface area (TPSA) is 78.1 Å². The van der Waals surface area contributed by atoms with Crippen LogP contribution in [-0.4, -0.2) is 27.1 Å². The Hall–Kier alpha value is -3.09. The highest BCUT2D eigenvalue weighted by atomic mass is 16.5. The molecule has 0 aliphatic heterocycles. The number of carbonyl (C=O) groups excluding carboxylic acids is 1. The summed E-state index contributed by atoms with van der Waals surface area (Å²) in [6.45, 7) is 0.729. The van der Waals surface area contributed by atoms with E-state index < -0.39 is 0 Å².